The largest absolute Gasteiger partial charge is 0.399 e. The summed E-state index contributed by atoms with van der Waals surface area (Å²) >= 11 is 0. The molecular weight excluding hydrogens is 238 g/mol. The van der Waals surface area contributed by atoms with Gasteiger partial charge in [-0.25, -0.2) is 0 Å². The topological polar surface area (TPSA) is 41.7 Å². The van der Waals surface area contributed by atoms with Gasteiger partial charge in [0.1, 0.15) is 0 Å². The Morgan fingerprint density at radius 2 is 1.84 bits per heavy atom. The van der Waals surface area contributed by atoms with Crippen molar-refractivity contribution in [3.63, 3.8) is 0 Å². The number of ether oxygens (including phenoxy) is 1. The molecule has 104 valence electrons. The summed E-state index contributed by atoms with van der Waals surface area (Å²) in [6, 6.07) is 8.21. The summed E-state index contributed by atoms with van der Waals surface area (Å²) in [6.45, 7) is 7.64. The van der Waals surface area contributed by atoms with E-state index >= 15 is 0 Å². The van der Waals surface area contributed by atoms with Crippen molar-refractivity contribution in [1.29, 1.82) is 0 Å². The summed E-state index contributed by atoms with van der Waals surface area (Å²) in [6.07, 6.45) is 1.23. The molecule has 0 amide bonds. The third-order valence-electron chi connectivity index (χ3n) is 4.17. The van der Waals surface area contributed by atoms with E-state index in [2.05, 4.69) is 21.9 Å². The van der Waals surface area contributed by atoms with Crippen LogP contribution in [-0.2, 0) is 4.74 Å². The van der Waals surface area contributed by atoms with Crippen LogP contribution in [0.25, 0.3) is 0 Å². The normalized spacial score (nSPS) is 24.8. The Labute approximate surface area is 115 Å². The molecule has 0 saturated carbocycles. The average Bonchev–Trinajstić information content (AvgIpc) is 2.94. The van der Waals surface area contributed by atoms with Crippen LogP contribution < -0.4 is 10.6 Å². The van der Waals surface area contributed by atoms with Crippen molar-refractivity contribution in [2.75, 3.05) is 56.6 Å². The van der Waals surface area contributed by atoms with Gasteiger partial charge in [-0.3, -0.25) is 4.90 Å². The van der Waals surface area contributed by atoms with Crippen LogP contribution in [0.5, 0.6) is 0 Å². The van der Waals surface area contributed by atoms with Crippen molar-refractivity contribution >= 4 is 11.4 Å². The molecular formula is C15H23N3O. The quantitative estimate of drug-likeness (QED) is 0.836. The number of nitrogen functional groups attached to an aromatic ring is 1. The maximum Gasteiger partial charge on any atom is 0.0507 e. The van der Waals surface area contributed by atoms with Crippen LogP contribution in [-0.4, -0.2) is 50.8 Å². The molecule has 1 aromatic rings. The summed E-state index contributed by atoms with van der Waals surface area (Å²) < 4.78 is 5.45. The lowest BCUT2D eigenvalue weighted by Gasteiger charge is -2.37. The fourth-order valence-corrected chi connectivity index (χ4v) is 2.97. The molecule has 1 aromatic carbocycles. The molecule has 0 aliphatic carbocycles. The highest BCUT2D eigenvalue weighted by Crippen LogP contribution is 2.20. The summed E-state index contributed by atoms with van der Waals surface area (Å²) in [5.41, 5.74) is 7.86. The molecule has 2 aliphatic rings. The van der Waals surface area contributed by atoms with Crippen LogP contribution in [0.15, 0.2) is 24.3 Å². The fraction of sp³-hybridized carbons (Fsp3) is 0.600. The van der Waals surface area contributed by atoms with Crippen LogP contribution in [0.2, 0.25) is 0 Å². The number of rotatable bonds is 3. The van der Waals surface area contributed by atoms with Crippen molar-refractivity contribution in [3.05, 3.63) is 24.3 Å². The fourth-order valence-electron chi connectivity index (χ4n) is 2.97. The molecule has 2 aliphatic heterocycles. The summed E-state index contributed by atoms with van der Waals surface area (Å²) in [5, 5.41) is 0. The maximum atomic E-state index is 5.73. The molecule has 0 bridgehead atoms. The SMILES string of the molecule is Nc1ccc(N2CCN(CC3CCOC3)CC2)cc1. The molecule has 1 atom stereocenters. The minimum absolute atomic E-state index is 0.753. The van der Waals surface area contributed by atoms with E-state index in [1.54, 1.807) is 0 Å². The van der Waals surface area contributed by atoms with E-state index in [0.717, 1.165) is 51.0 Å². The van der Waals surface area contributed by atoms with E-state index in [1.165, 1.54) is 18.7 Å². The zero-order valence-electron chi connectivity index (χ0n) is 11.4. The van der Waals surface area contributed by atoms with Crippen molar-refractivity contribution in [2.45, 2.75) is 6.42 Å². The molecule has 2 fully saturated rings. The number of anilines is 2. The number of piperazine rings is 1. The standard InChI is InChI=1S/C15H23N3O/c16-14-1-3-15(4-2-14)18-8-6-17(7-9-18)11-13-5-10-19-12-13/h1-4,13H,5-12,16H2. The van der Waals surface area contributed by atoms with Gasteiger partial charge in [-0.15, -0.1) is 0 Å². The van der Waals surface area contributed by atoms with Crippen molar-refractivity contribution in [1.82, 2.24) is 4.90 Å². The van der Waals surface area contributed by atoms with Crippen molar-refractivity contribution < 1.29 is 4.74 Å². The lowest BCUT2D eigenvalue weighted by molar-refractivity contribution is 0.164. The monoisotopic (exact) mass is 261 g/mol. The first-order valence-electron chi connectivity index (χ1n) is 7.22. The van der Waals surface area contributed by atoms with Gasteiger partial charge in [0.25, 0.3) is 0 Å². The Morgan fingerprint density at radius 3 is 2.47 bits per heavy atom. The highest BCUT2D eigenvalue weighted by Gasteiger charge is 2.22. The zero-order valence-corrected chi connectivity index (χ0v) is 11.4. The predicted octanol–water partition coefficient (Wildman–Crippen LogP) is 1.43. The highest BCUT2D eigenvalue weighted by molar-refractivity contribution is 5.53. The second-order valence-corrected chi connectivity index (χ2v) is 5.61. The summed E-state index contributed by atoms with van der Waals surface area (Å²) in [5.74, 6) is 0.753. The first-order chi connectivity index (χ1) is 9.31. The number of nitrogens with two attached hydrogens (primary N) is 1. The van der Waals surface area contributed by atoms with Gasteiger partial charge in [0.05, 0.1) is 6.61 Å². The average molecular weight is 261 g/mol. The van der Waals surface area contributed by atoms with Gasteiger partial charge in [0.2, 0.25) is 0 Å². The Kier molecular flexibility index (Phi) is 3.89. The molecule has 4 nitrogen and oxygen atoms in total. The van der Waals surface area contributed by atoms with Crippen LogP contribution in [0, 0.1) is 5.92 Å². The first kappa shape index (κ1) is 12.8. The Morgan fingerprint density at radius 1 is 1.11 bits per heavy atom. The first-order valence-corrected chi connectivity index (χ1v) is 7.22. The van der Waals surface area contributed by atoms with Gasteiger partial charge >= 0.3 is 0 Å². The van der Waals surface area contributed by atoms with Gasteiger partial charge in [0.15, 0.2) is 0 Å². The van der Waals surface area contributed by atoms with Crippen LogP contribution in [0.3, 0.4) is 0 Å². The molecule has 0 aromatic heterocycles. The minimum Gasteiger partial charge on any atom is -0.399 e. The van der Waals surface area contributed by atoms with E-state index in [-0.39, 0.29) is 0 Å². The van der Waals surface area contributed by atoms with Gasteiger partial charge in [-0.2, -0.15) is 0 Å². The second kappa shape index (κ2) is 5.80. The van der Waals surface area contributed by atoms with E-state index < -0.39 is 0 Å². The van der Waals surface area contributed by atoms with E-state index in [0.29, 0.717) is 0 Å². The van der Waals surface area contributed by atoms with E-state index in [9.17, 15) is 0 Å². The van der Waals surface area contributed by atoms with Crippen molar-refractivity contribution in [3.8, 4) is 0 Å². The highest BCUT2D eigenvalue weighted by atomic mass is 16.5. The van der Waals surface area contributed by atoms with Crippen LogP contribution >= 0.6 is 0 Å². The Balaban J connectivity index is 1.50. The maximum absolute atomic E-state index is 5.73. The second-order valence-electron chi connectivity index (χ2n) is 5.61. The van der Waals surface area contributed by atoms with Gasteiger partial charge in [-0.1, -0.05) is 0 Å². The number of hydrogen-bond acceptors (Lipinski definition) is 4. The molecule has 0 spiro atoms. The third kappa shape index (κ3) is 3.19. The Hall–Kier alpha value is -1.26. The van der Waals surface area contributed by atoms with Crippen molar-refractivity contribution in [2.24, 2.45) is 5.92 Å². The number of benzene rings is 1. The van der Waals surface area contributed by atoms with Gasteiger partial charge in [0, 0.05) is 50.7 Å². The van der Waals surface area contributed by atoms with Gasteiger partial charge < -0.3 is 15.4 Å². The molecule has 0 radical (unpaired) electrons. The number of nitrogens with zero attached hydrogens (tertiary/aromatic N) is 2. The van der Waals surface area contributed by atoms with Crippen LogP contribution in [0.4, 0.5) is 11.4 Å². The van der Waals surface area contributed by atoms with E-state index in [4.69, 9.17) is 10.5 Å². The molecule has 19 heavy (non-hydrogen) atoms. The lowest BCUT2D eigenvalue weighted by atomic mass is 10.1. The zero-order chi connectivity index (χ0) is 13.1. The Bertz CT molecular complexity index is 392. The molecule has 2 saturated heterocycles. The number of hydrogen-bond donors (Lipinski definition) is 1. The third-order valence-corrected chi connectivity index (χ3v) is 4.17. The summed E-state index contributed by atoms with van der Waals surface area (Å²) in [4.78, 5) is 5.02. The minimum atomic E-state index is 0.753. The van der Waals surface area contributed by atoms with Gasteiger partial charge in [-0.05, 0) is 36.6 Å². The molecule has 3 rings (SSSR count). The molecule has 4 heteroatoms. The smallest absolute Gasteiger partial charge is 0.0507 e. The lowest BCUT2D eigenvalue weighted by Crippen LogP contribution is -2.47. The predicted molar refractivity (Wildman–Crippen MR) is 78.4 cm³/mol. The molecule has 2 N–H and O–H groups in total. The van der Waals surface area contributed by atoms with E-state index in [1.807, 2.05) is 12.1 Å². The summed E-state index contributed by atoms with van der Waals surface area (Å²) in [7, 11) is 0. The molecule has 1 unspecified atom stereocenters. The van der Waals surface area contributed by atoms with Crippen LogP contribution in [0.1, 0.15) is 6.42 Å². The molecule has 2 heterocycles.